The molecule has 0 aliphatic rings. The number of methoxy groups -OCH3 is 1. The summed E-state index contributed by atoms with van der Waals surface area (Å²) in [7, 11) is 1.73. The van der Waals surface area contributed by atoms with Gasteiger partial charge >= 0.3 is 0 Å². The van der Waals surface area contributed by atoms with Crippen molar-refractivity contribution in [3.63, 3.8) is 0 Å². The molecule has 0 aliphatic carbocycles. The summed E-state index contributed by atoms with van der Waals surface area (Å²) in [5, 5.41) is 7.73. The molecule has 1 atom stereocenters. The molecule has 4 nitrogen and oxygen atoms in total. The monoisotopic (exact) mass is 225 g/mol. The first-order valence-corrected chi connectivity index (χ1v) is 5.93. The highest BCUT2D eigenvalue weighted by Crippen LogP contribution is 2.10. The zero-order valence-corrected chi connectivity index (χ0v) is 10.7. The van der Waals surface area contributed by atoms with Crippen LogP contribution in [0, 0.1) is 5.92 Å². The number of nitrogens with one attached hydrogen (secondary N) is 1. The van der Waals surface area contributed by atoms with Crippen LogP contribution in [0.5, 0.6) is 0 Å². The zero-order chi connectivity index (χ0) is 12.0. The number of rotatable bonds is 7. The summed E-state index contributed by atoms with van der Waals surface area (Å²) < 4.78 is 7.13. The van der Waals surface area contributed by atoms with Crippen molar-refractivity contribution in [2.75, 3.05) is 19.0 Å². The lowest BCUT2D eigenvalue weighted by Gasteiger charge is -2.15. The van der Waals surface area contributed by atoms with E-state index in [2.05, 4.69) is 37.4 Å². The van der Waals surface area contributed by atoms with E-state index in [1.807, 2.05) is 10.9 Å². The standard InChI is InChI=1S/C12H23N3O/c1-5-11(9-16-4)14-12-6-13-15(8-12)7-10(2)3/h6,8,10-11,14H,5,7,9H2,1-4H3. The van der Waals surface area contributed by atoms with Crippen LogP contribution in [0.4, 0.5) is 5.69 Å². The van der Waals surface area contributed by atoms with Gasteiger partial charge in [-0.15, -0.1) is 0 Å². The maximum Gasteiger partial charge on any atom is 0.0729 e. The highest BCUT2D eigenvalue weighted by molar-refractivity contribution is 5.39. The van der Waals surface area contributed by atoms with Crippen LogP contribution in [-0.4, -0.2) is 29.5 Å². The van der Waals surface area contributed by atoms with E-state index in [0.717, 1.165) is 25.3 Å². The number of ether oxygens (including phenoxy) is 1. The summed E-state index contributed by atoms with van der Waals surface area (Å²) in [4.78, 5) is 0. The topological polar surface area (TPSA) is 39.1 Å². The second kappa shape index (κ2) is 6.53. The number of aromatic nitrogens is 2. The van der Waals surface area contributed by atoms with Gasteiger partial charge in [-0.25, -0.2) is 0 Å². The highest BCUT2D eigenvalue weighted by Gasteiger charge is 2.07. The van der Waals surface area contributed by atoms with E-state index in [9.17, 15) is 0 Å². The van der Waals surface area contributed by atoms with E-state index in [1.165, 1.54) is 0 Å². The molecule has 1 rings (SSSR count). The molecule has 0 bridgehead atoms. The second-order valence-electron chi connectivity index (χ2n) is 4.55. The van der Waals surface area contributed by atoms with Crippen LogP contribution in [0.15, 0.2) is 12.4 Å². The molecule has 0 aromatic carbocycles. The van der Waals surface area contributed by atoms with Gasteiger partial charge in [0.2, 0.25) is 0 Å². The molecule has 0 spiro atoms. The molecule has 1 heterocycles. The largest absolute Gasteiger partial charge is 0.383 e. The third kappa shape index (κ3) is 4.23. The SMILES string of the molecule is CCC(COC)Nc1cnn(CC(C)C)c1. The Morgan fingerprint density at radius 1 is 1.50 bits per heavy atom. The van der Waals surface area contributed by atoms with Crippen molar-refractivity contribution in [3.05, 3.63) is 12.4 Å². The van der Waals surface area contributed by atoms with Crippen LogP contribution in [-0.2, 0) is 11.3 Å². The molecule has 1 unspecified atom stereocenters. The minimum Gasteiger partial charge on any atom is -0.383 e. The van der Waals surface area contributed by atoms with Crippen molar-refractivity contribution < 1.29 is 4.74 Å². The molecule has 92 valence electrons. The summed E-state index contributed by atoms with van der Waals surface area (Å²) in [6, 6.07) is 0.363. The molecule has 0 amide bonds. The Hall–Kier alpha value is -1.03. The number of nitrogens with zero attached hydrogens (tertiary/aromatic N) is 2. The Kier molecular flexibility index (Phi) is 5.32. The van der Waals surface area contributed by atoms with Gasteiger partial charge in [-0.2, -0.15) is 5.10 Å². The predicted octanol–water partition coefficient (Wildman–Crippen LogP) is 2.38. The molecule has 16 heavy (non-hydrogen) atoms. The molecule has 0 aliphatic heterocycles. The van der Waals surface area contributed by atoms with Crippen LogP contribution >= 0.6 is 0 Å². The van der Waals surface area contributed by atoms with Crippen molar-refractivity contribution in [2.24, 2.45) is 5.92 Å². The van der Waals surface area contributed by atoms with Crippen molar-refractivity contribution in [2.45, 2.75) is 39.8 Å². The fourth-order valence-electron chi connectivity index (χ4n) is 1.61. The molecule has 1 aromatic rings. The smallest absolute Gasteiger partial charge is 0.0729 e. The van der Waals surface area contributed by atoms with Gasteiger partial charge in [-0.3, -0.25) is 4.68 Å². The minimum atomic E-state index is 0.363. The van der Waals surface area contributed by atoms with Gasteiger partial charge < -0.3 is 10.1 Å². The summed E-state index contributed by atoms with van der Waals surface area (Å²) in [6.45, 7) is 8.22. The first-order chi connectivity index (χ1) is 7.65. The molecule has 1 N–H and O–H groups in total. The van der Waals surface area contributed by atoms with Gasteiger partial charge in [0.1, 0.15) is 0 Å². The number of hydrogen-bond donors (Lipinski definition) is 1. The molecule has 4 heteroatoms. The summed E-state index contributed by atoms with van der Waals surface area (Å²) in [5.41, 5.74) is 1.07. The van der Waals surface area contributed by atoms with Gasteiger partial charge in [0, 0.05) is 25.9 Å². The molecule has 0 radical (unpaired) electrons. The summed E-state index contributed by atoms with van der Waals surface area (Å²) >= 11 is 0. The Labute approximate surface area is 98.0 Å². The molecule has 0 saturated heterocycles. The molecule has 0 fully saturated rings. The van der Waals surface area contributed by atoms with E-state index in [4.69, 9.17) is 4.74 Å². The summed E-state index contributed by atoms with van der Waals surface area (Å²) in [6.07, 6.45) is 4.97. The Bertz CT molecular complexity index is 296. The van der Waals surface area contributed by atoms with E-state index in [0.29, 0.717) is 12.0 Å². The number of hydrogen-bond acceptors (Lipinski definition) is 3. The third-order valence-corrected chi connectivity index (χ3v) is 2.42. The maximum absolute atomic E-state index is 5.15. The van der Waals surface area contributed by atoms with Gasteiger partial charge in [-0.05, 0) is 12.3 Å². The first kappa shape index (κ1) is 13.0. The van der Waals surface area contributed by atoms with Crippen LogP contribution in [0.1, 0.15) is 27.2 Å². The third-order valence-electron chi connectivity index (χ3n) is 2.42. The van der Waals surface area contributed by atoms with Crippen LogP contribution in [0.25, 0.3) is 0 Å². The van der Waals surface area contributed by atoms with Crippen molar-refractivity contribution in [1.82, 2.24) is 9.78 Å². The predicted molar refractivity (Wildman–Crippen MR) is 66.6 cm³/mol. The summed E-state index contributed by atoms with van der Waals surface area (Å²) in [5.74, 6) is 0.619. The average Bonchev–Trinajstić information content (AvgIpc) is 2.64. The van der Waals surface area contributed by atoms with E-state index in [-0.39, 0.29) is 0 Å². The maximum atomic E-state index is 5.15. The van der Waals surface area contributed by atoms with Gasteiger partial charge in [0.25, 0.3) is 0 Å². The normalized spacial score (nSPS) is 13.1. The quantitative estimate of drug-likeness (QED) is 0.774. The van der Waals surface area contributed by atoms with Crippen molar-refractivity contribution >= 4 is 5.69 Å². The fourth-order valence-corrected chi connectivity index (χ4v) is 1.61. The Morgan fingerprint density at radius 3 is 2.81 bits per heavy atom. The lowest BCUT2D eigenvalue weighted by atomic mass is 10.2. The van der Waals surface area contributed by atoms with E-state index >= 15 is 0 Å². The van der Waals surface area contributed by atoms with Crippen molar-refractivity contribution in [3.8, 4) is 0 Å². The van der Waals surface area contributed by atoms with Gasteiger partial charge in [0.05, 0.1) is 18.5 Å². The lowest BCUT2D eigenvalue weighted by Crippen LogP contribution is -2.23. The lowest BCUT2D eigenvalue weighted by molar-refractivity contribution is 0.184. The zero-order valence-electron chi connectivity index (χ0n) is 10.7. The first-order valence-electron chi connectivity index (χ1n) is 5.93. The van der Waals surface area contributed by atoms with Gasteiger partial charge in [0.15, 0.2) is 0 Å². The van der Waals surface area contributed by atoms with Crippen molar-refractivity contribution in [1.29, 1.82) is 0 Å². The average molecular weight is 225 g/mol. The minimum absolute atomic E-state index is 0.363. The Morgan fingerprint density at radius 2 is 2.25 bits per heavy atom. The Balaban J connectivity index is 2.50. The molecule has 0 saturated carbocycles. The van der Waals surface area contributed by atoms with Crippen LogP contribution in [0.3, 0.4) is 0 Å². The highest BCUT2D eigenvalue weighted by atomic mass is 16.5. The second-order valence-corrected chi connectivity index (χ2v) is 4.55. The van der Waals surface area contributed by atoms with Crippen LogP contribution in [0.2, 0.25) is 0 Å². The fraction of sp³-hybridized carbons (Fsp3) is 0.750. The van der Waals surface area contributed by atoms with E-state index in [1.54, 1.807) is 7.11 Å². The van der Waals surface area contributed by atoms with E-state index < -0.39 is 0 Å². The molecular weight excluding hydrogens is 202 g/mol. The van der Waals surface area contributed by atoms with Gasteiger partial charge in [-0.1, -0.05) is 20.8 Å². The molecular formula is C12H23N3O. The number of anilines is 1. The van der Waals surface area contributed by atoms with Crippen LogP contribution < -0.4 is 5.32 Å². The molecule has 1 aromatic heterocycles.